The smallest absolute Gasteiger partial charge is 0.243 e. The van der Waals surface area contributed by atoms with Gasteiger partial charge in [-0.05, 0) is 56.5 Å². The highest BCUT2D eigenvalue weighted by atomic mass is 32.2. The zero-order valence-electron chi connectivity index (χ0n) is 17.1. The molecule has 2 aromatic carbocycles. The van der Waals surface area contributed by atoms with Gasteiger partial charge in [0.05, 0.1) is 17.4 Å². The third-order valence-electron chi connectivity index (χ3n) is 5.48. The van der Waals surface area contributed by atoms with Crippen molar-refractivity contribution in [3.63, 3.8) is 0 Å². The Morgan fingerprint density at radius 1 is 1.14 bits per heavy atom. The van der Waals surface area contributed by atoms with E-state index in [1.165, 1.54) is 4.31 Å². The zero-order valence-corrected chi connectivity index (χ0v) is 18.0. The molecular formula is C22H28N2O4S. The summed E-state index contributed by atoms with van der Waals surface area (Å²) in [5, 5.41) is 2.96. The van der Waals surface area contributed by atoms with Gasteiger partial charge in [0.15, 0.2) is 0 Å². The van der Waals surface area contributed by atoms with Crippen LogP contribution in [-0.4, -0.2) is 38.8 Å². The van der Waals surface area contributed by atoms with Gasteiger partial charge < -0.3 is 10.1 Å². The zero-order chi connectivity index (χ0) is 21.1. The number of piperidine rings is 1. The molecule has 1 aliphatic heterocycles. The first-order valence-electron chi connectivity index (χ1n) is 9.73. The van der Waals surface area contributed by atoms with E-state index in [0.717, 1.165) is 16.9 Å². The number of amides is 1. The van der Waals surface area contributed by atoms with Crippen LogP contribution in [-0.2, 0) is 21.4 Å². The van der Waals surface area contributed by atoms with Gasteiger partial charge in [0.25, 0.3) is 0 Å². The van der Waals surface area contributed by atoms with E-state index < -0.39 is 15.4 Å². The van der Waals surface area contributed by atoms with Crippen molar-refractivity contribution in [2.75, 3.05) is 20.2 Å². The summed E-state index contributed by atoms with van der Waals surface area (Å²) >= 11 is 0. The van der Waals surface area contributed by atoms with Crippen molar-refractivity contribution in [1.29, 1.82) is 0 Å². The molecule has 0 unspecified atom stereocenters. The Kier molecular flexibility index (Phi) is 6.29. The van der Waals surface area contributed by atoms with Crippen molar-refractivity contribution in [3.8, 4) is 5.75 Å². The number of nitrogens with one attached hydrogen (secondary N) is 1. The predicted molar refractivity (Wildman–Crippen MR) is 112 cm³/mol. The van der Waals surface area contributed by atoms with Crippen molar-refractivity contribution in [1.82, 2.24) is 9.62 Å². The highest BCUT2D eigenvalue weighted by molar-refractivity contribution is 7.89. The fourth-order valence-electron chi connectivity index (χ4n) is 3.58. The maximum atomic E-state index is 13.0. The van der Waals surface area contributed by atoms with Crippen LogP contribution < -0.4 is 10.1 Å². The molecule has 0 bridgehead atoms. The third-order valence-corrected chi connectivity index (χ3v) is 7.34. The minimum absolute atomic E-state index is 0.128. The monoisotopic (exact) mass is 416 g/mol. The number of ether oxygens (including phenoxy) is 1. The van der Waals surface area contributed by atoms with E-state index in [-0.39, 0.29) is 17.3 Å². The Morgan fingerprint density at radius 3 is 2.41 bits per heavy atom. The Labute approximate surface area is 172 Å². The van der Waals surface area contributed by atoms with E-state index in [1.54, 1.807) is 31.4 Å². The number of sulfonamides is 1. The molecule has 0 saturated carbocycles. The van der Waals surface area contributed by atoms with E-state index in [0.29, 0.717) is 25.9 Å². The number of benzene rings is 2. The van der Waals surface area contributed by atoms with Gasteiger partial charge in [0.1, 0.15) is 5.75 Å². The van der Waals surface area contributed by atoms with E-state index >= 15 is 0 Å². The minimum Gasteiger partial charge on any atom is -0.497 e. The molecule has 3 rings (SSSR count). The number of carbonyl (C=O) groups excluding carboxylic acids is 1. The Hall–Kier alpha value is -2.38. The lowest BCUT2D eigenvalue weighted by molar-refractivity contribution is -0.132. The van der Waals surface area contributed by atoms with E-state index in [2.05, 4.69) is 5.32 Å². The van der Waals surface area contributed by atoms with Gasteiger partial charge in [-0.2, -0.15) is 4.31 Å². The number of aryl methyl sites for hydroxylation is 1. The van der Waals surface area contributed by atoms with Gasteiger partial charge in [-0.25, -0.2) is 8.42 Å². The predicted octanol–water partition coefficient (Wildman–Crippen LogP) is 3.11. The van der Waals surface area contributed by atoms with E-state index in [4.69, 9.17) is 4.74 Å². The van der Waals surface area contributed by atoms with Crippen molar-refractivity contribution < 1.29 is 17.9 Å². The summed E-state index contributed by atoms with van der Waals surface area (Å²) in [6.07, 6.45) is 1.30. The average Bonchev–Trinajstić information content (AvgIpc) is 2.72. The summed E-state index contributed by atoms with van der Waals surface area (Å²) in [5.41, 5.74) is 1.20. The molecule has 1 heterocycles. The topological polar surface area (TPSA) is 75.7 Å². The van der Waals surface area contributed by atoms with Crippen LogP contribution in [0.1, 0.15) is 30.9 Å². The van der Waals surface area contributed by atoms with Gasteiger partial charge in [-0.15, -0.1) is 0 Å². The fourth-order valence-corrected chi connectivity index (χ4v) is 5.18. The van der Waals surface area contributed by atoms with Gasteiger partial charge in [-0.3, -0.25) is 4.79 Å². The molecule has 29 heavy (non-hydrogen) atoms. The summed E-state index contributed by atoms with van der Waals surface area (Å²) in [7, 11) is -2.01. The van der Waals surface area contributed by atoms with Gasteiger partial charge in [0, 0.05) is 19.6 Å². The van der Waals surface area contributed by atoms with E-state index in [9.17, 15) is 13.2 Å². The number of hydrogen-bond donors (Lipinski definition) is 1. The largest absolute Gasteiger partial charge is 0.497 e. The van der Waals surface area contributed by atoms with Crippen LogP contribution in [0.4, 0.5) is 0 Å². The second-order valence-electron chi connectivity index (χ2n) is 7.85. The normalized spacial score (nSPS) is 20.2. The lowest BCUT2D eigenvalue weighted by Gasteiger charge is -2.38. The maximum absolute atomic E-state index is 13.0. The van der Waals surface area contributed by atoms with Gasteiger partial charge in [-0.1, -0.05) is 29.8 Å². The summed E-state index contributed by atoms with van der Waals surface area (Å²) in [6, 6.07) is 14.3. The molecule has 1 fully saturated rings. The Bertz CT molecular complexity index is 955. The van der Waals surface area contributed by atoms with Gasteiger partial charge in [0.2, 0.25) is 15.9 Å². The number of carbonyl (C=O) groups is 1. The molecule has 1 aliphatic rings. The highest BCUT2D eigenvalue weighted by Crippen LogP contribution is 2.33. The van der Waals surface area contributed by atoms with Crippen LogP contribution in [0.2, 0.25) is 0 Å². The van der Waals surface area contributed by atoms with Crippen molar-refractivity contribution >= 4 is 15.9 Å². The van der Waals surface area contributed by atoms with Crippen LogP contribution in [0.3, 0.4) is 0 Å². The number of hydrogen-bond acceptors (Lipinski definition) is 4. The highest BCUT2D eigenvalue weighted by Gasteiger charge is 2.41. The van der Waals surface area contributed by atoms with Crippen molar-refractivity contribution in [2.45, 2.75) is 38.1 Å². The summed E-state index contributed by atoms with van der Waals surface area (Å²) in [5.74, 6) is 0.633. The van der Waals surface area contributed by atoms with Crippen LogP contribution in [0.25, 0.3) is 0 Å². The first-order valence-corrected chi connectivity index (χ1v) is 11.2. The van der Waals surface area contributed by atoms with Crippen LogP contribution in [0.5, 0.6) is 5.75 Å². The quantitative estimate of drug-likeness (QED) is 0.785. The Morgan fingerprint density at radius 2 is 1.79 bits per heavy atom. The molecule has 0 spiro atoms. The second-order valence-corrected chi connectivity index (χ2v) is 9.78. The molecule has 2 aromatic rings. The molecule has 1 atom stereocenters. The molecule has 0 radical (unpaired) electrons. The van der Waals surface area contributed by atoms with Crippen LogP contribution in [0, 0.1) is 12.3 Å². The maximum Gasteiger partial charge on any atom is 0.243 e. The molecule has 156 valence electrons. The lowest BCUT2D eigenvalue weighted by Crippen LogP contribution is -2.51. The molecule has 7 heteroatoms. The number of rotatable bonds is 6. The fraction of sp³-hybridized carbons (Fsp3) is 0.409. The molecule has 0 aromatic heterocycles. The second kappa shape index (κ2) is 8.55. The first kappa shape index (κ1) is 21.3. The molecular weight excluding hydrogens is 388 g/mol. The number of methoxy groups -OCH3 is 1. The summed E-state index contributed by atoms with van der Waals surface area (Å²) in [6.45, 7) is 4.76. The standard InChI is InChI=1S/C22H28N2O4S/c1-17-5-11-20(12-6-17)29(26,27)24-14-4-13-22(2,16-24)21(25)23-15-18-7-9-19(28-3)10-8-18/h5-12H,4,13-16H2,1-3H3,(H,23,25)/t22-/m1/s1. The van der Waals surface area contributed by atoms with Gasteiger partial charge >= 0.3 is 0 Å². The summed E-state index contributed by atoms with van der Waals surface area (Å²) in [4.78, 5) is 13.2. The lowest BCUT2D eigenvalue weighted by atomic mass is 9.82. The molecule has 1 amide bonds. The third kappa shape index (κ3) is 4.79. The van der Waals surface area contributed by atoms with Crippen molar-refractivity contribution in [2.24, 2.45) is 5.41 Å². The van der Waals surface area contributed by atoms with Crippen molar-refractivity contribution in [3.05, 3.63) is 59.7 Å². The number of nitrogens with zero attached hydrogens (tertiary/aromatic N) is 1. The average molecular weight is 417 g/mol. The Balaban J connectivity index is 1.68. The summed E-state index contributed by atoms with van der Waals surface area (Å²) < 4.78 is 32.6. The van der Waals surface area contributed by atoms with Crippen LogP contribution >= 0.6 is 0 Å². The SMILES string of the molecule is COc1ccc(CNC(=O)[C@]2(C)CCCN(S(=O)(=O)c3ccc(C)cc3)C2)cc1. The molecule has 6 nitrogen and oxygen atoms in total. The molecule has 1 saturated heterocycles. The molecule has 0 aliphatic carbocycles. The first-order chi connectivity index (χ1) is 13.7. The minimum atomic E-state index is -3.62. The van der Waals surface area contributed by atoms with E-state index in [1.807, 2.05) is 38.1 Å². The molecule has 1 N–H and O–H groups in total. The van der Waals surface area contributed by atoms with Crippen LogP contribution in [0.15, 0.2) is 53.4 Å².